The molecule has 2 aromatic carbocycles. The van der Waals surface area contributed by atoms with Crippen LogP contribution in [0.1, 0.15) is 5.56 Å². The van der Waals surface area contributed by atoms with E-state index >= 15 is 0 Å². The van der Waals surface area contributed by atoms with Gasteiger partial charge >= 0.3 is 0 Å². The van der Waals surface area contributed by atoms with Crippen molar-refractivity contribution in [1.29, 1.82) is 5.26 Å². The van der Waals surface area contributed by atoms with Gasteiger partial charge in [-0.25, -0.2) is 9.37 Å². The van der Waals surface area contributed by atoms with E-state index in [0.717, 1.165) is 16.7 Å². The zero-order valence-corrected chi connectivity index (χ0v) is 11.7. The van der Waals surface area contributed by atoms with Crippen LogP contribution in [-0.2, 0) is 7.05 Å². The second-order valence-electron chi connectivity index (χ2n) is 4.87. The van der Waals surface area contributed by atoms with Crippen LogP contribution < -0.4 is 4.90 Å². The lowest BCUT2D eigenvalue weighted by Gasteiger charge is -2.20. The quantitative estimate of drug-likeness (QED) is 0.723. The maximum Gasteiger partial charge on any atom is 0.148 e. The SMILES string of the molecule is CN(c1ccc2ncn(C)c2c1)c1ccc(C#N)cc1F. The van der Waals surface area contributed by atoms with Crippen molar-refractivity contribution in [3.8, 4) is 6.07 Å². The van der Waals surface area contributed by atoms with Gasteiger partial charge in [0.1, 0.15) is 5.82 Å². The molecule has 4 nitrogen and oxygen atoms in total. The summed E-state index contributed by atoms with van der Waals surface area (Å²) in [5, 5.41) is 8.79. The Hall–Kier alpha value is -2.87. The number of benzene rings is 2. The third kappa shape index (κ3) is 2.21. The first-order chi connectivity index (χ1) is 10.1. The molecule has 0 spiro atoms. The van der Waals surface area contributed by atoms with E-state index in [4.69, 9.17) is 5.26 Å². The molecule has 0 aliphatic heterocycles. The van der Waals surface area contributed by atoms with Crippen LogP contribution in [0.25, 0.3) is 11.0 Å². The summed E-state index contributed by atoms with van der Waals surface area (Å²) in [7, 11) is 3.71. The number of rotatable bonds is 2. The molecule has 3 rings (SSSR count). The molecule has 0 bridgehead atoms. The number of aryl methyl sites for hydroxylation is 1. The molecule has 3 aromatic rings. The number of hydrogen-bond donors (Lipinski definition) is 0. The number of nitrogens with zero attached hydrogens (tertiary/aromatic N) is 4. The smallest absolute Gasteiger partial charge is 0.148 e. The Labute approximate surface area is 121 Å². The predicted octanol–water partition coefficient (Wildman–Crippen LogP) is 3.35. The van der Waals surface area contributed by atoms with E-state index in [9.17, 15) is 4.39 Å². The van der Waals surface area contributed by atoms with Crippen LogP contribution in [0.15, 0.2) is 42.7 Å². The van der Waals surface area contributed by atoms with Crippen molar-refractivity contribution in [3.05, 3.63) is 54.1 Å². The van der Waals surface area contributed by atoms with Crippen LogP contribution in [0.3, 0.4) is 0 Å². The lowest BCUT2D eigenvalue weighted by Crippen LogP contribution is -2.11. The first kappa shape index (κ1) is 13.1. The molecule has 0 aliphatic carbocycles. The molecular formula is C16H13FN4. The predicted molar refractivity (Wildman–Crippen MR) is 79.9 cm³/mol. The van der Waals surface area contributed by atoms with E-state index in [2.05, 4.69) is 4.98 Å². The van der Waals surface area contributed by atoms with Gasteiger partial charge in [-0.1, -0.05) is 0 Å². The average molecular weight is 280 g/mol. The van der Waals surface area contributed by atoms with Gasteiger partial charge < -0.3 is 9.47 Å². The van der Waals surface area contributed by atoms with E-state index in [-0.39, 0.29) is 0 Å². The molecule has 5 heteroatoms. The van der Waals surface area contributed by atoms with Crippen LogP contribution in [0.5, 0.6) is 0 Å². The van der Waals surface area contributed by atoms with Gasteiger partial charge in [-0.3, -0.25) is 0 Å². The summed E-state index contributed by atoms with van der Waals surface area (Å²) in [5.41, 5.74) is 3.47. The zero-order valence-electron chi connectivity index (χ0n) is 11.7. The van der Waals surface area contributed by atoms with E-state index in [1.807, 2.05) is 35.9 Å². The topological polar surface area (TPSA) is 44.9 Å². The number of halogens is 1. The number of nitriles is 1. The van der Waals surface area contributed by atoms with Gasteiger partial charge in [-0.15, -0.1) is 0 Å². The van der Waals surface area contributed by atoms with Crippen LogP contribution in [0.4, 0.5) is 15.8 Å². The van der Waals surface area contributed by atoms with Crippen LogP contribution in [0, 0.1) is 17.1 Å². The highest BCUT2D eigenvalue weighted by atomic mass is 19.1. The second-order valence-corrected chi connectivity index (χ2v) is 4.87. The molecule has 1 aromatic heterocycles. The van der Waals surface area contributed by atoms with Gasteiger partial charge in [0.25, 0.3) is 0 Å². The van der Waals surface area contributed by atoms with Crippen LogP contribution in [-0.4, -0.2) is 16.6 Å². The highest BCUT2D eigenvalue weighted by molar-refractivity contribution is 5.81. The minimum absolute atomic E-state index is 0.312. The molecule has 21 heavy (non-hydrogen) atoms. The minimum atomic E-state index is -0.415. The molecular weight excluding hydrogens is 267 g/mol. The Kier molecular flexibility index (Phi) is 3.07. The molecule has 104 valence electrons. The molecule has 1 heterocycles. The molecule has 0 atom stereocenters. The van der Waals surface area contributed by atoms with Gasteiger partial charge in [0.2, 0.25) is 0 Å². The number of hydrogen-bond acceptors (Lipinski definition) is 3. The third-order valence-electron chi connectivity index (χ3n) is 3.53. The Morgan fingerprint density at radius 3 is 2.76 bits per heavy atom. The Balaban J connectivity index is 2.05. The largest absolute Gasteiger partial charge is 0.342 e. The molecule has 0 saturated heterocycles. The van der Waals surface area contributed by atoms with E-state index in [1.54, 1.807) is 30.4 Å². The summed E-state index contributed by atoms with van der Waals surface area (Å²) < 4.78 is 16.0. The second kappa shape index (κ2) is 4.91. The van der Waals surface area contributed by atoms with Gasteiger partial charge in [0.15, 0.2) is 0 Å². The maximum absolute atomic E-state index is 14.1. The minimum Gasteiger partial charge on any atom is -0.342 e. The normalized spacial score (nSPS) is 10.6. The van der Waals surface area contributed by atoms with Crippen molar-refractivity contribution >= 4 is 22.4 Å². The Bertz CT molecular complexity index is 860. The highest BCUT2D eigenvalue weighted by Gasteiger charge is 2.11. The molecule has 0 N–H and O–H groups in total. The van der Waals surface area contributed by atoms with E-state index in [1.165, 1.54) is 6.07 Å². The number of fused-ring (bicyclic) bond motifs is 1. The molecule has 0 amide bonds. The van der Waals surface area contributed by atoms with Gasteiger partial charge in [0, 0.05) is 19.8 Å². The number of imidazole rings is 1. The summed E-state index contributed by atoms with van der Waals surface area (Å²) in [6.45, 7) is 0. The van der Waals surface area contributed by atoms with Crippen molar-refractivity contribution in [2.24, 2.45) is 7.05 Å². The monoisotopic (exact) mass is 280 g/mol. The van der Waals surface area contributed by atoms with Gasteiger partial charge in [-0.05, 0) is 36.4 Å². The summed E-state index contributed by atoms with van der Waals surface area (Å²) in [4.78, 5) is 6.02. The van der Waals surface area contributed by atoms with Gasteiger partial charge in [-0.2, -0.15) is 5.26 Å². The van der Waals surface area contributed by atoms with Gasteiger partial charge in [0.05, 0.1) is 34.7 Å². The van der Waals surface area contributed by atoms with Crippen molar-refractivity contribution < 1.29 is 4.39 Å². The average Bonchev–Trinajstić information content (AvgIpc) is 2.87. The first-order valence-electron chi connectivity index (χ1n) is 6.44. The van der Waals surface area contributed by atoms with E-state index < -0.39 is 5.82 Å². The zero-order chi connectivity index (χ0) is 15.0. The highest BCUT2D eigenvalue weighted by Crippen LogP contribution is 2.28. The summed E-state index contributed by atoms with van der Waals surface area (Å²) in [6, 6.07) is 12.2. The lowest BCUT2D eigenvalue weighted by atomic mass is 10.2. The fourth-order valence-electron chi connectivity index (χ4n) is 2.31. The summed E-state index contributed by atoms with van der Waals surface area (Å²) in [5.74, 6) is -0.415. The number of anilines is 2. The summed E-state index contributed by atoms with van der Waals surface area (Å²) >= 11 is 0. The lowest BCUT2D eigenvalue weighted by molar-refractivity contribution is 0.627. The van der Waals surface area contributed by atoms with Crippen molar-refractivity contribution in [1.82, 2.24) is 9.55 Å². The molecule has 0 unspecified atom stereocenters. The fourth-order valence-corrected chi connectivity index (χ4v) is 2.31. The Morgan fingerprint density at radius 1 is 1.24 bits per heavy atom. The van der Waals surface area contributed by atoms with Crippen molar-refractivity contribution in [2.75, 3.05) is 11.9 Å². The standard InChI is InChI=1S/C16H13FN4/c1-20-10-19-14-5-4-12(8-16(14)20)21(2)15-6-3-11(9-18)7-13(15)17/h3-8,10H,1-2H3. The number of aromatic nitrogens is 2. The summed E-state index contributed by atoms with van der Waals surface area (Å²) in [6.07, 6.45) is 1.75. The molecule has 0 fully saturated rings. The van der Waals surface area contributed by atoms with Crippen LogP contribution >= 0.6 is 0 Å². The fraction of sp³-hybridized carbons (Fsp3) is 0.125. The molecule has 0 aliphatic rings. The van der Waals surface area contributed by atoms with Crippen LogP contribution in [0.2, 0.25) is 0 Å². The molecule has 0 saturated carbocycles. The molecule has 0 radical (unpaired) electrons. The van der Waals surface area contributed by atoms with Crippen molar-refractivity contribution in [3.63, 3.8) is 0 Å². The van der Waals surface area contributed by atoms with Crippen molar-refractivity contribution in [2.45, 2.75) is 0 Å². The first-order valence-corrected chi connectivity index (χ1v) is 6.44. The van der Waals surface area contributed by atoms with E-state index in [0.29, 0.717) is 11.3 Å². The third-order valence-corrected chi connectivity index (χ3v) is 3.53. The maximum atomic E-state index is 14.1. The Morgan fingerprint density at radius 2 is 2.05 bits per heavy atom.